The maximum Gasteiger partial charge on any atom is 0.122 e. The predicted octanol–water partition coefficient (Wildman–Crippen LogP) is 1.48. The molecule has 0 unspecified atom stereocenters. The Labute approximate surface area is 103 Å². The Morgan fingerprint density at radius 3 is 3.00 bits per heavy atom. The number of hydrogen-bond donors (Lipinski definition) is 2. The molecule has 3 heteroatoms. The third-order valence-corrected chi connectivity index (χ3v) is 3.33. The minimum Gasteiger partial charge on any atom is -0.493 e. The number of aliphatic hydroxyl groups is 1. The summed E-state index contributed by atoms with van der Waals surface area (Å²) < 4.78 is 5.52. The Hall–Kier alpha value is -1.06. The van der Waals surface area contributed by atoms with Crippen molar-refractivity contribution in [3.8, 4) is 5.75 Å². The quantitative estimate of drug-likeness (QED) is 0.760. The first-order chi connectivity index (χ1) is 8.13. The molecule has 1 aliphatic heterocycles. The van der Waals surface area contributed by atoms with Crippen LogP contribution in [0.4, 0.5) is 0 Å². The van der Waals surface area contributed by atoms with Crippen molar-refractivity contribution in [3.05, 3.63) is 29.3 Å². The van der Waals surface area contributed by atoms with Crippen LogP contribution in [-0.4, -0.2) is 31.4 Å². The molecule has 1 aliphatic rings. The fourth-order valence-electron chi connectivity index (χ4n) is 2.19. The van der Waals surface area contributed by atoms with Crippen LogP contribution in [-0.2, 0) is 11.8 Å². The van der Waals surface area contributed by atoms with Crippen LogP contribution in [0.2, 0.25) is 0 Å². The van der Waals surface area contributed by atoms with Crippen molar-refractivity contribution < 1.29 is 9.84 Å². The minimum atomic E-state index is 0.0762. The lowest BCUT2D eigenvalue weighted by molar-refractivity contribution is 0.286. The van der Waals surface area contributed by atoms with E-state index in [1.54, 1.807) is 0 Å². The SMILES string of the molecule is CC(C)(CNCCO)c1ccc2c(c1)CCO2. The highest BCUT2D eigenvalue weighted by Crippen LogP contribution is 2.31. The van der Waals surface area contributed by atoms with Gasteiger partial charge in [-0.15, -0.1) is 0 Å². The Bertz CT molecular complexity index is 388. The first kappa shape index (κ1) is 12.4. The second-order valence-corrected chi connectivity index (χ2v) is 5.21. The number of rotatable bonds is 5. The first-order valence-electron chi connectivity index (χ1n) is 6.21. The zero-order chi connectivity index (χ0) is 12.3. The van der Waals surface area contributed by atoms with Crippen LogP contribution in [0.15, 0.2) is 18.2 Å². The average Bonchev–Trinajstić information content (AvgIpc) is 2.76. The van der Waals surface area contributed by atoms with Crippen LogP contribution in [0.25, 0.3) is 0 Å². The zero-order valence-corrected chi connectivity index (χ0v) is 10.6. The third kappa shape index (κ3) is 2.79. The van der Waals surface area contributed by atoms with Crippen molar-refractivity contribution in [3.63, 3.8) is 0 Å². The summed E-state index contributed by atoms with van der Waals surface area (Å²) in [6, 6.07) is 6.47. The number of ether oxygens (including phenoxy) is 1. The maximum absolute atomic E-state index is 8.78. The van der Waals surface area contributed by atoms with E-state index in [1.807, 2.05) is 0 Å². The maximum atomic E-state index is 8.78. The van der Waals surface area contributed by atoms with Crippen molar-refractivity contribution in [1.29, 1.82) is 0 Å². The first-order valence-corrected chi connectivity index (χ1v) is 6.21. The molecule has 1 aromatic rings. The molecular formula is C14H21NO2. The van der Waals surface area contributed by atoms with E-state index < -0.39 is 0 Å². The molecule has 1 heterocycles. The summed E-state index contributed by atoms with van der Waals surface area (Å²) in [5.41, 5.74) is 2.72. The molecule has 0 fully saturated rings. The molecule has 0 spiro atoms. The topological polar surface area (TPSA) is 41.5 Å². The van der Waals surface area contributed by atoms with Crippen molar-refractivity contribution in [2.75, 3.05) is 26.3 Å². The van der Waals surface area contributed by atoms with E-state index >= 15 is 0 Å². The van der Waals surface area contributed by atoms with Gasteiger partial charge in [0.1, 0.15) is 5.75 Å². The third-order valence-electron chi connectivity index (χ3n) is 3.33. The molecule has 2 rings (SSSR count). The summed E-state index contributed by atoms with van der Waals surface area (Å²) in [6.45, 7) is 6.95. The molecule has 0 amide bonds. The molecular weight excluding hydrogens is 214 g/mol. The summed E-state index contributed by atoms with van der Waals surface area (Å²) in [5.74, 6) is 1.04. The van der Waals surface area contributed by atoms with Gasteiger partial charge in [-0.2, -0.15) is 0 Å². The zero-order valence-electron chi connectivity index (χ0n) is 10.6. The Morgan fingerprint density at radius 2 is 2.24 bits per heavy atom. The molecule has 0 saturated heterocycles. The Balaban J connectivity index is 2.10. The Kier molecular flexibility index (Phi) is 3.69. The summed E-state index contributed by atoms with van der Waals surface area (Å²) in [6.07, 6.45) is 1.02. The van der Waals surface area contributed by atoms with Crippen LogP contribution >= 0.6 is 0 Å². The monoisotopic (exact) mass is 235 g/mol. The lowest BCUT2D eigenvalue weighted by atomic mass is 9.83. The highest BCUT2D eigenvalue weighted by molar-refractivity contribution is 5.42. The number of fused-ring (bicyclic) bond motifs is 1. The van der Waals surface area contributed by atoms with E-state index in [0.29, 0.717) is 6.54 Å². The van der Waals surface area contributed by atoms with E-state index in [4.69, 9.17) is 9.84 Å². The molecule has 0 aromatic heterocycles. The molecule has 2 N–H and O–H groups in total. The molecule has 1 aromatic carbocycles. The number of hydrogen-bond acceptors (Lipinski definition) is 3. The van der Waals surface area contributed by atoms with Crippen LogP contribution in [0.1, 0.15) is 25.0 Å². The fraction of sp³-hybridized carbons (Fsp3) is 0.571. The largest absolute Gasteiger partial charge is 0.493 e. The van der Waals surface area contributed by atoms with E-state index in [-0.39, 0.29) is 12.0 Å². The summed E-state index contributed by atoms with van der Waals surface area (Å²) >= 11 is 0. The summed E-state index contributed by atoms with van der Waals surface area (Å²) in [4.78, 5) is 0. The van der Waals surface area contributed by atoms with Crippen LogP contribution < -0.4 is 10.1 Å². The lowest BCUT2D eigenvalue weighted by Crippen LogP contribution is -2.34. The van der Waals surface area contributed by atoms with Gasteiger partial charge in [-0.05, 0) is 17.2 Å². The van der Waals surface area contributed by atoms with Crippen molar-refractivity contribution >= 4 is 0 Å². The van der Waals surface area contributed by atoms with Gasteiger partial charge in [0.2, 0.25) is 0 Å². The second-order valence-electron chi connectivity index (χ2n) is 5.21. The predicted molar refractivity (Wildman–Crippen MR) is 68.6 cm³/mol. The molecule has 0 radical (unpaired) electrons. The smallest absolute Gasteiger partial charge is 0.122 e. The summed E-state index contributed by atoms with van der Waals surface area (Å²) in [7, 11) is 0. The van der Waals surface area contributed by atoms with Gasteiger partial charge in [0.25, 0.3) is 0 Å². The number of aliphatic hydroxyl groups excluding tert-OH is 1. The van der Waals surface area contributed by atoms with Gasteiger partial charge < -0.3 is 15.2 Å². The molecule has 0 saturated carbocycles. The van der Waals surface area contributed by atoms with E-state index in [1.165, 1.54) is 11.1 Å². The van der Waals surface area contributed by atoms with Crippen LogP contribution in [0.5, 0.6) is 5.75 Å². The van der Waals surface area contributed by atoms with Crippen LogP contribution in [0.3, 0.4) is 0 Å². The average molecular weight is 235 g/mol. The van der Waals surface area contributed by atoms with Crippen molar-refractivity contribution in [2.24, 2.45) is 0 Å². The molecule has 3 nitrogen and oxygen atoms in total. The van der Waals surface area contributed by atoms with Crippen LogP contribution in [0, 0.1) is 0 Å². The standard InChI is InChI=1S/C14H21NO2/c1-14(2,10-15-6-7-16)12-3-4-13-11(9-12)5-8-17-13/h3-4,9,15-16H,5-8,10H2,1-2H3. The van der Waals surface area contributed by atoms with E-state index in [0.717, 1.165) is 25.3 Å². The summed E-state index contributed by atoms with van der Waals surface area (Å²) in [5, 5.41) is 12.0. The van der Waals surface area contributed by atoms with E-state index in [9.17, 15) is 0 Å². The molecule has 0 aliphatic carbocycles. The highest BCUT2D eigenvalue weighted by Gasteiger charge is 2.22. The van der Waals surface area contributed by atoms with Gasteiger partial charge in [-0.3, -0.25) is 0 Å². The van der Waals surface area contributed by atoms with Gasteiger partial charge >= 0.3 is 0 Å². The van der Waals surface area contributed by atoms with Crippen molar-refractivity contribution in [1.82, 2.24) is 5.32 Å². The molecule has 0 bridgehead atoms. The van der Waals surface area contributed by atoms with Gasteiger partial charge in [0.15, 0.2) is 0 Å². The normalized spacial score (nSPS) is 14.5. The highest BCUT2D eigenvalue weighted by atomic mass is 16.5. The molecule has 0 atom stereocenters. The molecule has 17 heavy (non-hydrogen) atoms. The second kappa shape index (κ2) is 5.07. The lowest BCUT2D eigenvalue weighted by Gasteiger charge is -2.26. The van der Waals surface area contributed by atoms with Gasteiger partial charge in [-0.25, -0.2) is 0 Å². The number of nitrogens with one attached hydrogen (secondary N) is 1. The van der Waals surface area contributed by atoms with Gasteiger partial charge in [-0.1, -0.05) is 26.0 Å². The number of benzene rings is 1. The fourth-order valence-corrected chi connectivity index (χ4v) is 2.19. The van der Waals surface area contributed by atoms with Gasteiger partial charge in [0.05, 0.1) is 13.2 Å². The van der Waals surface area contributed by atoms with Gasteiger partial charge in [0, 0.05) is 24.9 Å². The minimum absolute atomic E-state index is 0.0762. The van der Waals surface area contributed by atoms with Crippen molar-refractivity contribution in [2.45, 2.75) is 25.7 Å². The Morgan fingerprint density at radius 1 is 1.41 bits per heavy atom. The van der Waals surface area contributed by atoms with E-state index in [2.05, 4.69) is 37.4 Å². The molecule has 94 valence electrons.